The summed E-state index contributed by atoms with van der Waals surface area (Å²) in [4.78, 5) is 21.2. The van der Waals surface area contributed by atoms with Crippen LogP contribution in [0.2, 0.25) is 0 Å². The van der Waals surface area contributed by atoms with Crippen LogP contribution in [-0.4, -0.2) is 117 Å². The molecule has 0 N–H and O–H groups in total. The van der Waals surface area contributed by atoms with Crippen LogP contribution in [0.25, 0.3) is 0 Å². The van der Waals surface area contributed by atoms with Crippen molar-refractivity contribution in [2.75, 3.05) is 69.8 Å². The fraction of sp³-hybridized carbons (Fsp3) is 0.882. The minimum absolute atomic E-state index is 0.104. The van der Waals surface area contributed by atoms with E-state index in [0.29, 0.717) is 12.0 Å². The van der Waals surface area contributed by atoms with Crippen molar-refractivity contribution >= 4 is 29.4 Å². The largest absolute Gasteiger partial charge is 0.340 e. The number of carbonyl (C=O) groups is 1. The van der Waals surface area contributed by atoms with Gasteiger partial charge in [-0.1, -0.05) is 0 Å². The summed E-state index contributed by atoms with van der Waals surface area (Å²) in [5.41, 5.74) is 0.177. The van der Waals surface area contributed by atoms with Crippen molar-refractivity contribution in [3.05, 3.63) is 6.33 Å². The Morgan fingerprint density at radius 2 is 2.00 bits per heavy atom. The van der Waals surface area contributed by atoms with E-state index in [4.69, 9.17) is 0 Å². The van der Waals surface area contributed by atoms with Crippen LogP contribution >= 0.6 is 23.5 Å². The molecule has 150 valence electrons. The molecule has 0 bridgehead atoms. The topological polar surface area (TPSA) is 70.4 Å². The van der Waals surface area contributed by atoms with Crippen molar-refractivity contribution in [3.8, 4) is 0 Å². The molecular weight excluding hydrogens is 382 g/mol. The van der Waals surface area contributed by atoms with Gasteiger partial charge in [-0.3, -0.25) is 9.69 Å². The predicted octanol–water partition coefficient (Wildman–Crippen LogP) is -0.156. The molecule has 27 heavy (non-hydrogen) atoms. The van der Waals surface area contributed by atoms with Gasteiger partial charge in [0.15, 0.2) is 6.33 Å². The Kier molecular flexibility index (Phi) is 5.96. The molecule has 8 nitrogen and oxygen atoms in total. The van der Waals surface area contributed by atoms with Crippen LogP contribution in [0.3, 0.4) is 0 Å². The zero-order chi connectivity index (χ0) is 18.9. The van der Waals surface area contributed by atoms with Gasteiger partial charge in [0.05, 0.1) is 0 Å². The van der Waals surface area contributed by atoms with Crippen LogP contribution < -0.4 is 0 Å². The SMILES string of the molecule is CN(C)CC12CN(C(=O)Cn3ncnn3)CC1CN(C1CSCCSC1)C2. The molecule has 1 aromatic heterocycles. The third-order valence-electron chi connectivity index (χ3n) is 5.95. The van der Waals surface area contributed by atoms with Gasteiger partial charge in [0.25, 0.3) is 0 Å². The van der Waals surface area contributed by atoms with Crippen LogP contribution in [0.5, 0.6) is 0 Å². The average molecular weight is 412 g/mol. The van der Waals surface area contributed by atoms with Crippen molar-refractivity contribution in [1.82, 2.24) is 34.9 Å². The summed E-state index contributed by atoms with van der Waals surface area (Å²) in [7, 11) is 4.30. The number of likely N-dealkylation sites (tertiary alicyclic amines) is 2. The van der Waals surface area contributed by atoms with E-state index in [2.05, 4.69) is 62.8 Å². The Labute approximate surface area is 169 Å². The third kappa shape index (κ3) is 4.28. The van der Waals surface area contributed by atoms with Crippen molar-refractivity contribution < 1.29 is 4.79 Å². The van der Waals surface area contributed by atoms with Gasteiger partial charge in [0.1, 0.15) is 6.54 Å². The van der Waals surface area contributed by atoms with Gasteiger partial charge >= 0.3 is 0 Å². The van der Waals surface area contributed by atoms with Crippen LogP contribution in [0.15, 0.2) is 6.33 Å². The van der Waals surface area contributed by atoms with Crippen molar-refractivity contribution in [2.45, 2.75) is 12.6 Å². The van der Waals surface area contributed by atoms with Gasteiger partial charge in [-0.05, 0) is 25.2 Å². The highest BCUT2D eigenvalue weighted by Gasteiger charge is 2.54. The van der Waals surface area contributed by atoms with E-state index < -0.39 is 0 Å². The quantitative estimate of drug-likeness (QED) is 0.662. The fourth-order valence-electron chi connectivity index (χ4n) is 4.84. The molecule has 0 aliphatic carbocycles. The number of rotatable bonds is 5. The van der Waals surface area contributed by atoms with Gasteiger partial charge in [0, 0.05) is 67.2 Å². The number of tetrazole rings is 1. The minimum Gasteiger partial charge on any atom is -0.340 e. The lowest BCUT2D eigenvalue weighted by Gasteiger charge is -2.34. The third-order valence-corrected chi connectivity index (χ3v) is 8.43. The smallest absolute Gasteiger partial charge is 0.246 e. The van der Waals surface area contributed by atoms with Crippen molar-refractivity contribution in [3.63, 3.8) is 0 Å². The molecule has 10 heteroatoms. The second-order valence-electron chi connectivity index (χ2n) is 8.27. The Hall–Kier alpha value is -0.840. The maximum atomic E-state index is 12.8. The lowest BCUT2D eigenvalue weighted by molar-refractivity contribution is -0.132. The van der Waals surface area contributed by atoms with Crippen LogP contribution in [0.1, 0.15) is 0 Å². The first-order valence-electron chi connectivity index (χ1n) is 9.58. The highest BCUT2D eigenvalue weighted by molar-refractivity contribution is 8.03. The summed E-state index contributed by atoms with van der Waals surface area (Å²) in [5.74, 6) is 5.70. The maximum absolute atomic E-state index is 12.8. The molecule has 1 amide bonds. The molecule has 4 rings (SSSR count). The first-order valence-corrected chi connectivity index (χ1v) is 11.9. The van der Waals surface area contributed by atoms with Crippen LogP contribution in [0.4, 0.5) is 0 Å². The number of hydrogen-bond donors (Lipinski definition) is 0. The molecule has 0 saturated carbocycles. The highest BCUT2D eigenvalue weighted by atomic mass is 32.2. The first kappa shape index (κ1) is 19.5. The van der Waals surface area contributed by atoms with E-state index in [1.165, 1.54) is 34.1 Å². The Bertz CT molecular complexity index is 635. The summed E-state index contributed by atoms with van der Waals surface area (Å²) in [6.45, 7) is 5.13. The number of amides is 1. The maximum Gasteiger partial charge on any atom is 0.246 e. The summed E-state index contributed by atoms with van der Waals surface area (Å²) in [6.07, 6.45) is 1.38. The molecule has 3 aliphatic rings. The summed E-state index contributed by atoms with van der Waals surface area (Å²) in [5, 5.41) is 11.5. The molecule has 2 unspecified atom stereocenters. The van der Waals surface area contributed by atoms with E-state index in [9.17, 15) is 4.79 Å². The molecule has 3 aliphatic heterocycles. The van der Waals surface area contributed by atoms with E-state index in [0.717, 1.165) is 32.7 Å². The Morgan fingerprint density at radius 1 is 1.22 bits per heavy atom. The molecule has 3 fully saturated rings. The number of thioether (sulfide) groups is 2. The summed E-state index contributed by atoms with van der Waals surface area (Å²) >= 11 is 4.20. The van der Waals surface area contributed by atoms with E-state index in [1.54, 1.807) is 0 Å². The molecule has 0 aromatic carbocycles. The lowest BCUT2D eigenvalue weighted by Crippen LogP contribution is -2.46. The van der Waals surface area contributed by atoms with E-state index in [1.807, 2.05) is 4.90 Å². The molecule has 0 spiro atoms. The molecule has 4 heterocycles. The van der Waals surface area contributed by atoms with E-state index in [-0.39, 0.29) is 17.9 Å². The van der Waals surface area contributed by atoms with Crippen molar-refractivity contribution in [1.29, 1.82) is 0 Å². The van der Waals surface area contributed by atoms with Gasteiger partial charge < -0.3 is 9.80 Å². The standard InChI is InChI=1S/C17H29N7OS2/c1-21(2)10-17-11-22(15-8-26-3-4-27-9-15)5-14(17)6-23(12-17)16(25)7-24-19-13-18-20-24/h13-15H,3-12H2,1-2H3. The first-order chi connectivity index (χ1) is 13.1. The van der Waals surface area contributed by atoms with E-state index >= 15 is 0 Å². The number of aromatic nitrogens is 4. The van der Waals surface area contributed by atoms with Gasteiger partial charge in [-0.15, -0.1) is 10.2 Å². The molecule has 2 atom stereocenters. The number of hydrogen-bond acceptors (Lipinski definition) is 8. The second kappa shape index (κ2) is 8.26. The lowest BCUT2D eigenvalue weighted by atomic mass is 9.80. The highest BCUT2D eigenvalue weighted by Crippen LogP contribution is 2.44. The number of carbonyl (C=O) groups excluding carboxylic acids is 1. The Morgan fingerprint density at radius 3 is 2.67 bits per heavy atom. The molecule has 0 radical (unpaired) electrons. The fourth-order valence-corrected chi connectivity index (χ4v) is 7.47. The number of fused-ring (bicyclic) bond motifs is 1. The predicted molar refractivity (Wildman–Crippen MR) is 109 cm³/mol. The molecule has 3 saturated heterocycles. The summed E-state index contributed by atoms with van der Waals surface area (Å²) in [6, 6.07) is 0.677. The zero-order valence-electron chi connectivity index (χ0n) is 16.2. The van der Waals surface area contributed by atoms with Gasteiger partial charge in [-0.2, -0.15) is 28.3 Å². The van der Waals surface area contributed by atoms with Gasteiger partial charge in [-0.25, -0.2) is 0 Å². The minimum atomic E-state index is 0.104. The van der Waals surface area contributed by atoms with Crippen molar-refractivity contribution in [2.24, 2.45) is 11.3 Å². The molecular formula is C17H29N7OS2. The number of nitrogens with zero attached hydrogens (tertiary/aromatic N) is 7. The average Bonchev–Trinajstić information content (AvgIpc) is 3.24. The monoisotopic (exact) mass is 411 g/mol. The normalized spacial score (nSPS) is 30.0. The summed E-state index contributed by atoms with van der Waals surface area (Å²) < 4.78 is 0. The second-order valence-corrected chi connectivity index (χ2v) is 10.6. The van der Waals surface area contributed by atoms with Crippen LogP contribution in [-0.2, 0) is 11.3 Å². The van der Waals surface area contributed by atoms with Crippen LogP contribution in [0, 0.1) is 11.3 Å². The van der Waals surface area contributed by atoms with Gasteiger partial charge in [0.2, 0.25) is 5.91 Å². The Balaban J connectivity index is 1.44. The zero-order valence-corrected chi connectivity index (χ0v) is 17.8. The molecule has 1 aromatic rings.